The van der Waals surface area contributed by atoms with Crippen LogP contribution in [0.4, 0.5) is 0 Å². The van der Waals surface area contributed by atoms with E-state index in [0.717, 1.165) is 0 Å². The van der Waals surface area contributed by atoms with E-state index in [1.807, 2.05) is 0 Å². The summed E-state index contributed by atoms with van der Waals surface area (Å²) in [5, 5.41) is 11.5. The maximum absolute atomic E-state index is 12.2. The summed E-state index contributed by atoms with van der Waals surface area (Å²) >= 11 is 0. The van der Waals surface area contributed by atoms with Crippen LogP contribution < -0.4 is 10.5 Å². The third-order valence-electron chi connectivity index (χ3n) is 3.10. The van der Waals surface area contributed by atoms with Gasteiger partial charge < -0.3 is 15.5 Å². The van der Waals surface area contributed by atoms with Crippen molar-refractivity contribution in [2.24, 2.45) is 17.9 Å². The topological polar surface area (TPSA) is 123 Å². The third-order valence-corrected chi connectivity index (χ3v) is 4.57. The van der Waals surface area contributed by atoms with Gasteiger partial charge in [0, 0.05) is 13.2 Å². The van der Waals surface area contributed by atoms with Crippen molar-refractivity contribution in [1.29, 1.82) is 0 Å². The fraction of sp³-hybridized carbons (Fsp3) is 0.600. The average molecular weight is 289 g/mol. The molecule has 0 aromatic carbocycles. The van der Waals surface area contributed by atoms with Crippen LogP contribution in [0.15, 0.2) is 16.4 Å². The quantitative estimate of drug-likeness (QED) is 0.303. The highest BCUT2D eigenvalue weighted by Gasteiger charge is 2.34. The number of amidine groups is 1. The molecule has 0 saturated heterocycles. The van der Waals surface area contributed by atoms with E-state index in [1.165, 1.54) is 13.1 Å². The lowest BCUT2D eigenvalue weighted by molar-refractivity contribution is 0.310. The van der Waals surface area contributed by atoms with Crippen molar-refractivity contribution >= 4 is 15.9 Å². The van der Waals surface area contributed by atoms with E-state index in [1.54, 1.807) is 25.5 Å². The second-order valence-corrected chi connectivity index (χ2v) is 6.14. The molecule has 1 atom stereocenters. The largest absolute Gasteiger partial charge is 0.409 e. The Morgan fingerprint density at radius 1 is 1.68 bits per heavy atom. The lowest BCUT2D eigenvalue weighted by Crippen LogP contribution is -2.54. The molecule has 0 saturated carbocycles. The summed E-state index contributed by atoms with van der Waals surface area (Å²) in [5.41, 5.74) is 4.36. The van der Waals surface area contributed by atoms with Crippen LogP contribution in [0.5, 0.6) is 0 Å². The monoisotopic (exact) mass is 289 g/mol. The first-order valence-corrected chi connectivity index (χ1v) is 7.16. The maximum atomic E-state index is 12.2. The molecule has 8 nitrogen and oxygen atoms in total. The summed E-state index contributed by atoms with van der Waals surface area (Å²) in [6, 6.07) is 0. The highest BCUT2D eigenvalue weighted by atomic mass is 32.2. The van der Waals surface area contributed by atoms with Gasteiger partial charge in [-0.05, 0) is 20.3 Å². The zero-order chi connectivity index (χ0) is 14.8. The Kier molecular flexibility index (Phi) is 4.21. The Balaban J connectivity index is 3.15. The predicted molar refractivity (Wildman–Crippen MR) is 70.4 cm³/mol. The van der Waals surface area contributed by atoms with Crippen molar-refractivity contribution in [2.45, 2.75) is 37.8 Å². The van der Waals surface area contributed by atoms with Gasteiger partial charge in [-0.1, -0.05) is 12.1 Å². The summed E-state index contributed by atoms with van der Waals surface area (Å²) in [7, 11) is -2.14. The molecule has 0 bridgehead atoms. The predicted octanol–water partition coefficient (Wildman–Crippen LogP) is -0.0781. The molecule has 0 aliphatic carbocycles. The van der Waals surface area contributed by atoms with Crippen molar-refractivity contribution in [1.82, 2.24) is 14.3 Å². The molecule has 1 aromatic heterocycles. The number of nitrogens with zero attached hydrogens (tertiary/aromatic N) is 3. The first-order valence-electron chi connectivity index (χ1n) is 5.68. The second kappa shape index (κ2) is 5.17. The Labute approximate surface area is 112 Å². The number of oxime groups is 1. The van der Waals surface area contributed by atoms with Gasteiger partial charge in [0.15, 0.2) is 10.9 Å². The second-order valence-electron chi connectivity index (χ2n) is 4.51. The van der Waals surface area contributed by atoms with Crippen LogP contribution in [0.3, 0.4) is 0 Å². The lowest BCUT2D eigenvalue weighted by Gasteiger charge is -2.26. The molecular weight excluding hydrogens is 270 g/mol. The van der Waals surface area contributed by atoms with Crippen molar-refractivity contribution in [2.75, 3.05) is 0 Å². The van der Waals surface area contributed by atoms with Gasteiger partial charge in [0.2, 0.25) is 0 Å². The van der Waals surface area contributed by atoms with Crippen LogP contribution in [-0.2, 0) is 17.1 Å². The van der Waals surface area contributed by atoms with Crippen molar-refractivity contribution in [3.05, 3.63) is 12.0 Å². The number of aromatic nitrogens is 2. The molecule has 1 unspecified atom stereocenters. The van der Waals surface area contributed by atoms with E-state index in [2.05, 4.69) is 14.9 Å². The molecule has 0 aliphatic heterocycles. The van der Waals surface area contributed by atoms with Gasteiger partial charge in [-0.3, -0.25) is 0 Å². The van der Waals surface area contributed by atoms with E-state index in [9.17, 15) is 8.42 Å². The number of nitrogens with two attached hydrogens (primary N) is 1. The van der Waals surface area contributed by atoms with Crippen LogP contribution >= 0.6 is 0 Å². The minimum Gasteiger partial charge on any atom is -0.409 e. The Bertz CT molecular complexity index is 573. The van der Waals surface area contributed by atoms with Gasteiger partial charge in [0.25, 0.3) is 10.0 Å². The molecule has 1 heterocycles. The summed E-state index contributed by atoms with van der Waals surface area (Å²) in [4.78, 5) is 3.95. The Hall–Kier alpha value is -1.61. The zero-order valence-corrected chi connectivity index (χ0v) is 12.2. The lowest BCUT2D eigenvalue weighted by atomic mass is 10.00. The van der Waals surface area contributed by atoms with Crippen molar-refractivity contribution in [3.8, 4) is 0 Å². The van der Waals surface area contributed by atoms with Gasteiger partial charge >= 0.3 is 0 Å². The van der Waals surface area contributed by atoms with Gasteiger partial charge in [0.05, 0.1) is 5.54 Å². The van der Waals surface area contributed by atoms with Gasteiger partial charge in [-0.15, -0.1) is 0 Å². The van der Waals surface area contributed by atoms with E-state index < -0.39 is 15.6 Å². The first kappa shape index (κ1) is 15.4. The molecule has 19 heavy (non-hydrogen) atoms. The minimum absolute atomic E-state index is 0.0992. The van der Waals surface area contributed by atoms with Crippen LogP contribution in [0.2, 0.25) is 0 Å². The number of aryl methyl sites for hydroxylation is 2. The molecule has 1 aromatic rings. The average Bonchev–Trinajstić information content (AvgIpc) is 2.68. The first-order chi connectivity index (χ1) is 8.66. The third kappa shape index (κ3) is 3.04. The molecule has 1 rings (SSSR count). The number of imidazole rings is 1. The highest BCUT2D eigenvalue weighted by molar-refractivity contribution is 7.89. The SMILES string of the molecule is CCC(C)(NS(=O)(=O)c1cn(C)c(C)n1)C(N)=NO. The molecule has 0 aliphatic rings. The molecular formula is C10H19N5O3S. The maximum Gasteiger partial charge on any atom is 0.260 e. The van der Waals surface area contributed by atoms with Crippen LogP contribution in [0.25, 0.3) is 0 Å². The molecule has 0 spiro atoms. The Morgan fingerprint density at radius 3 is 2.63 bits per heavy atom. The molecule has 0 fully saturated rings. The van der Waals surface area contributed by atoms with Crippen molar-refractivity contribution < 1.29 is 13.6 Å². The fourth-order valence-corrected chi connectivity index (χ4v) is 2.92. The molecule has 9 heteroatoms. The molecule has 4 N–H and O–H groups in total. The van der Waals surface area contributed by atoms with Crippen LogP contribution in [0, 0.1) is 6.92 Å². The van der Waals surface area contributed by atoms with Gasteiger partial charge in [-0.2, -0.15) is 4.72 Å². The minimum atomic E-state index is -3.84. The zero-order valence-electron chi connectivity index (χ0n) is 11.4. The Morgan fingerprint density at radius 2 is 2.26 bits per heavy atom. The fourth-order valence-electron chi connectivity index (χ4n) is 1.42. The normalized spacial score (nSPS) is 16.3. The number of nitrogens with one attached hydrogen (secondary N) is 1. The molecule has 0 radical (unpaired) electrons. The van der Waals surface area contributed by atoms with E-state index >= 15 is 0 Å². The highest BCUT2D eigenvalue weighted by Crippen LogP contribution is 2.15. The molecule has 108 valence electrons. The number of hydrogen-bond acceptors (Lipinski definition) is 5. The number of hydrogen-bond donors (Lipinski definition) is 3. The van der Waals surface area contributed by atoms with Gasteiger partial charge in [-0.25, -0.2) is 13.4 Å². The summed E-state index contributed by atoms with van der Waals surface area (Å²) < 4.78 is 28.4. The summed E-state index contributed by atoms with van der Waals surface area (Å²) in [5.74, 6) is 0.369. The van der Waals surface area contributed by atoms with E-state index in [-0.39, 0.29) is 10.9 Å². The standard InChI is InChI=1S/C10H19N5O3S/c1-5-10(3,9(11)13-16)14-19(17,18)8-6-15(4)7(2)12-8/h6,14,16H,5H2,1-4H3,(H2,11,13). The van der Waals surface area contributed by atoms with Crippen LogP contribution in [-0.4, -0.2) is 34.6 Å². The van der Waals surface area contributed by atoms with Gasteiger partial charge in [0.1, 0.15) is 5.82 Å². The van der Waals surface area contributed by atoms with Crippen LogP contribution in [0.1, 0.15) is 26.1 Å². The summed E-state index contributed by atoms with van der Waals surface area (Å²) in [6.07, 6.45) is 1.73. The number of rotatable bonds is 5. The van der Waals surface area contributed by atoms with E-state index in [0.29, 0.717) is 12.2 Å². The van der Waals surface area contributed by atoms with E-state index in [4.69, 9.17) is 10.9 Å². The smallest absolute Gasteiger partial charge is 0.260 e. The number of sulfonamides is 1. The molecule has 0 amide bonds. The summed E-state index contributed by atoms with van der Waals surface area (Å²) in [6.45, 7) is 4.96. The van der Waals surface area contributed by atoms with Crippen molar-refractivity contribution in [3.63, 3.8) is 0 Å².